The molecule has 0 saturated carbocycles. The topological polar surface area (TPSA) is 146 Å². The number of H-pyrrole nitrogens is 1. The Balaban J connectivity index is 0.00000326. The normalized spacial score (nSPS) is 12.8. The Hall–Kier alpha value is -2.45. The van der Waals surface area contributed by atoms with E-state index >= 15 is 0 Å². The van der Waals surface area contributed by atoms with E-state index < -0.39 is 18.1 Å². The van der Waals surface area contributed by atoms with Gasteiger partial charge in [-0.25, -0.2) is 0 Å². The summed E-state index contributed by atoms with van der Waals surface area (Å²) in [6, 6.07) is -1.74. The van der Waals surface area contributed by atoms with Crippen LogP contribution < -0.4 is 11.1 Å². The Labute approximate surface area is 159 Å². The fourth-order valence-corrected chi connectivity index (χ4v) is 2.49. The van der Waals surface area contributed by atoms with Gasteiger partial charge in [0, 0.05) is 31.8 Å². The predicted molar refractivity (Wildman–Crippen MR) is 104 cm³/mol. The molecular formula is C19H31N3O5. The number of aliphatic carboxylic acids is 1. The highest BCUT2D eigenvalue weighted by Gasteiger charge is 2.18. The average Bonchev–Trinajstić information content (AvgIpc) is 3.06. The molecule has 152 valence electrons. The Kier molecular flexibility index (Phi) is 12.5. The van der Waals surface area contributed by atoms with E-state index in [1.54, 1.807) is 0 Å². The van der Waals surface area contributed by atoms with Gasteiger partial charge < -0.3 is 31.0 Å². The summed E-state index contributed by atoms with van der Waals surface area (Å²) in [5, 5.41) is 18.3. The van der Waals surface area contributed by atoms with Gasteiger partial charge in [-0.1, -0.05) is 26.0 Å². The maximum atomic E-state index is 11.9. The molecule has 0 fully saturated rings. The van der Waals surface area contributed by atoms with Crippen LogP contribution in [0.25, 0.3) is 6.08 Å². The third kappa shape index (κ3) is 8.65. The van der Waals surface area contributed by atoms with Crippen molar-refractivity contribution in [2.45, 2.75) is 58.0 Å². The van der Waals surface area contributed by atoms with Crippen molar-refractivity contribution in [3.05, 3.63) is 29.1 Å². The van der Waals surface area contributed by atoms with Crippen LogP contribution in [0.4, 0.5) is 0 Å². The van der Waals surface area contributed by atoms with Crippen LogP contribution in [-0.2, 0) is 27.2 Å². The minimum absolute atomic E-state index is 0.0291. The summed E-state index contributed by atoms with van der Waals surface area (Å²) in [6.07, 6.45) is 8.75. The molecule has 1 aromatic rings. The second-order valence-electron chi connectivity index (χ2n) is 5.87. The summed E-state index contributed by atoms with van der Waals surface area (Å²) in [5.74, 6) is -1.53. The van der Waals surface area contributed by atoms with Crippen LogP contribution in [0, 0.1) is 0 Å². The quantitative estimate of drug-likeness (QED) is 0.362. The lowest BCUT2D eigenvalue weighted by atomic mass is 10.0. The van der Waals surface area contributed by atoms with Crippen molar-refractivity contribution in [1.82, 2.24) is 10.3 Å². The number of carboxylic acids is 1. The Morgan fingerprint density at radius 2 is 2.00 bits per heavy atom. The molecule has 8 nitrogen and oxygen atoms in total. The second-order valence-corrected chi connectivity index (χ2v) is 5.87. The molecule has 1 aromatic heterocycles. The average molecular weight is 381 g/mol. The lowest BCUT2D eigenvalue weighted by Crippen LogP contribution is -2.39. The van der Waals surface area contributed by atoms with Crippen LogP contribution in [0.15, 0.2) is 12.3 Å². The van der Waals surface area contributed by atoms with Gasteiger partial charge in [-0.05, 0) is 30.4 Å². The van der Waals surface area contributed by atoms with E-state index in [2.05, 4.69) is 10.3 Å². The van der Waals surface area contributed by atoms with Crippen molar-refractivity contribution in [1.29, 1.82) is 0 Å². The fourth-order valence-electron chi connectivity index (χ4n) is 2.49. The summed E-state index contributed by atoms with van der Waals surface area (Å²) >= 11 is 0. The van der Waals surface area contributed by atoms with Crippen LogP contribution in [0.1, 0.15) is 49.9 Å². The Morgan fingerprint density at radius 3 is 2.52 bits per heavy atom. The molecule has 2 atom stereocenters. The maximum absolute atomic E-state index is 11.9. The standard InChI is InChI=1S/C18H27N3O4.CH4O/c1-3-5-6-14-12(10-20-16(14)4-2)9-13(11-22)21-17(23)8-7-15(19)18(24)25;1-2/h5-6,10-11,13,15,20H,3-4,7-9,19H2,1-2H3,(H,21,23)(H,24,25);2H,1H3/b6-5-;. The van der Waals surface area contributed by atoms with E-state index in [0.29, 0.717) is 12.7 Å². The number of aldehydes is 1. The van der Waals surface area contributed by atoms with Gasteiger partial charge in [-0.3, -0.25) is 9.59 Å². The number of carbonyl (C=O) groups is 3. The number of carbonyl (C=O) groups excluding carboxylic acids is 2. The molecule has 0 aliphatic rings. The second kappa shape index (κ2) is 13.7. The zero-order valence-corrected chi connectivity index (χ0v) is 16.2. The van der Waals surface area contributed by atoms with Crippen LogP contribution in [0.5, 0.6) is 0 Å². The number of aromatic nitrogens is 1. The number of hydrogen-bond acceptors (Lipinski definition) is 5. The fraction of sp³-hybridized carbons (Fsp3) is 0.526. The van der Waals surface area contributed by atoms with Crippen molar-refractivity contribution >= 4 is 24.2 Å². The zero-order valence-electron chi connectivity index (χ0n) is 16.2. The largest absolute Gasteiger partial charge is 0.480 e. The number of carboxylic acid groups (broad SMARTS) is 1. The molecule has 1 rings (SSSR count). The summed E-state index contributed by atoms with van der Waals surface area (Å²) in [5.41, 5.74) is 8.47. The summed E-state index contributed by atoms with van der Waals surface area (Å²) in [4.78, 5) is 37.1. The number of aliphatic hydroxyl groups is 1. The van der Waals surface area contributed by atoms with E-state index in [-0.39, 0.29) is 18.7 Å². The minimum Gasteiger partial charge on any atom is -0.480 e. The van der Waals surface area contributed by atoms with Crippen LogP contribution in [0.2, 0.25) is 0 Å². The van der Waals surface area contributed by atoms with Crippen molar-refractivity contribution < 1.29 is 24.6 Å². The first-order valence-corrected chi connectivity index (χ1v) is 8.96. The van der Waals surface area contributed by atoms with E-state index in [0.717, 1.165) is 36.8 Å². The maximum Gasteiger partial charge on any atom is 0.320 e. The Morgan fingerprint density at radius 1 is 1.33 bits per heavy atom. The SMILES string of the molecule is CC/C=C\c1c(CC(C=O)NC(=O)CCC(N)C(=O)O)c[nH]c1CC.CO. The number of hydrogen-bond donors (Lipinski definition) is 5. The van der Waals surface area contributed by atoms with Gasteiger partial charge in [0.05, 0.1) is 6.04 Å². The number of aliphatic hydroxyl groups excluding tert-OH is 1. The van der Waals surface area contributed by atoms with Gasteiger partial charge in [0.2, 0.25) is 5.91 Å². The first-order valence-electron chi connectivity index (χ1n) is 8.96. The molecule has 0 radical (unpaired) electrons. The number of aromatic amines is 1. The van der Waals surface area contributed by atoms with Crippen LogP contribution >= 0.6 is 0 Å². The van der Waals surface area contributed by atoms with E-state index in [9.17, 15) is 14.4 Å². The molecule has 6 N–H and O–H groups in total. The minimum atomic E-state index is -1.15. The third-order valence-corrected chi connectivity index (χ3v) is 3.92. The molecule has 1 heterocycles. The molecule has 0 spiro atoms. The van der Waals surface area contributed by atoms with Gasteiger partial charge in [0.15, 0.2) is 0 Å². The molecule has 2 unspecified atom stereocenters. The molecule has 27 heavy (non-hydrogen) atoms. The Bertz CT molecular complexity index is 625. The number of allylic oxidation sites excluding steroid dienone is 1. The van der Waals surface area contributed by atoms with Crippen molar-refractivity contribution in [2.24, 2.45) is 5.73 Å². The van der Waals surface area contributed by atoms with Crippen molar-refractivity contribution in [3.8, 4) is 0 Å². The molecular weight excluding hydrogens is 350 g/mol. The molecule has 0 saturated heterocycles. The van der Waals surface area contributed by atoms with E-state index in [1.807, 2.05) is 32.2 Å². The van der Waals surface area contributed by atoms with Crippen LogP contribution in [0.3, 0.4) is 0 Å². The lowest BCUT2D eigenvalue weighted by Gasteiger charge is -2.14. The highest BCUT2D eigenvalue weighted by atomic mass is 16.4. The van der Waals surface area contributed by atoms with Gasteiger partial charge >= 0.3 is 5.97 Å². The third-order valence-electron chi connectivity index (χ3n) is 3.92. The van der Waals surface area contributed by atoms with Crippen molar-refractivity contribution in [2.75, 3.05) is 7.11 Å². The smallest absolute Gasteiger partial charge is 0.320 e. The summed E-state index contributed by atoms with van der Waals surface area (Å²) in [6.45, 7) is 4.09. The molecule has 0 bridgehead atoms. The van der Waals surface area contributed by atoms with E-state index in [1.165, 1.54) is 0 Å². The molecule has 1 amide bonds. The number of amides is 1. The first kappa shape index (κ1) is 24.6. The molecule has 0 aromatic carbocycles. The first-order chi connectivity index (χ1) is 12.9. The lowest BCUT2D eigenvalue weighted by molar-refractivity contribution is -0.138. The van der Waals surface area contributed by atoms with Gasteiger partial charge in [-0.15, -0.1) is 0 Å². The molecule has 0 aliphatic carbocycles. The number of rotatable bonds is 11. The monoisotopic (exact) mass is 381 g/mol. The predicted octanol–water partition coefficient (Wildman–Crippen LogP) is 1.03. The van der Waals surface area contributed by atoms with Crippen molar-refractivity contribution in [3.63, 3.8) is 0 Å². The summed E-state index contributed by atoms with van der Waals surface area (Å²) < 4.78 is 0. The highest BCUT2D eigenvalue weighted by Crippen LogP contribution is 2.19. The van der Waals surface area contributed by atoms with Crippen LogP contribution in [-0.4, -0.2) is 52.6 Å². The number of nitrogens with one attached hydrogen (secondary N) is 2. The number of aryl methyl sites for hydroxylation is 1. The van der Waals surface area contributed by atoms with Gasteiger partial charge in [0.25, 0.3) is 0 Å². The molecule has 8 heteroatoms. The molecule has 0 aliphatic heterocycles. The van der Waals surface area contributed by atoms with Gasteiger partial charge in [-0.2, -0.15) is 0 Å². The van der Waals surface area contributed by atoms with Gasteiger partial charge in [0.1, 0.15) is 12.3 Å². The number of nitrogens with two attached hydrogens (primary N) is 1. The van der Waals surface area contributed by atoms with E-state index in [4.69, 9.17) is 15.9 Å². The zero-order chi connectivity index (χ0) is 20.8. The summed E-state index contributed by atoms with van der Waals surface area (Å²) in [7, 11) is 1.00. The highest BCUT2D eigenvalue weighted by molar-refractivity contribution is 5.81.